The summed E-state index contributed by atoms with van der Waals surface area (Å²) in [5, 5.41) is 8.84. The van der Waals surface area contributed by atoms with Crippen LogP contribution in [-0.2, 0) is 30.8 Å². The fourth-order valence-corrected chi connectivity index (χ4v) is 1.70. The molecular formula is C10H19N3O5S. The average molecular weight is 293 g/mol. The zero-order valence-corrected chi connectivity index (χ0v) is 11.6. The topological polar surface area (TPSA) is 106 Å². The standard InChI is InChI=1S/C10H19N3O5S/c1-16-4-5-18-7-6-17-3-2-13-9-10(8-12-13)19(11,14)15/h8-9H,2-7H2,1H3,(H2,11,14,15). The summed E-state index contributed by atoms with van der Waals surface area (Å²) in [6.07, 6.45) is 2.58. The molecule has 0 unspecified atom stereocenters. The van der Waals surface area contributed by atoms with Gasteiger partial charge in [-0.15, -0.1) is 0 Å². The maximum Gasteiger partial charge on any atom is 0.241 e. The predicted molar refractivity (Wildman–Crippen MR) is 67.1 cm³/mol. The third-order valence-electron chi connectivity index (χ3n) is 2.21. The lowest BCUT2D eigenvalue weighted by Crippen LogP contribution is -2.12. The van der Waals surface area contributed by atoms with Gasteiger partial charge in [-0.2, -0.15) is 5.10 Å². The van der Waals surface area contributed by atoms with Crippen LogP contribution in [0.5, 0.6) is 0 Å². The van der Waals surface area contributed by atoms with Crippen LogP contribution in [-0.4, -0.2) is 58.3 Å². The summed E-state index contributed by atoms with van der Waals surface area (Å²) in [6, 6.07) is 0. The van der Waals surface area contributed by atoms with E-state index in [1.54, 1.807) is 7.11 Å². The Bertz CT molecular complexity index is 459. The largest absolute Gasteiger partial charge is 0.382 e. The Labute approximate surface area is 112 Å². The number of rotatable bonds is 10. The van der Waals surface area contributed by atoms with Gasteiger partial charge in [0, 0.05) is 13.3 Å². The van der Waals surface area contributed by atoms with Gasteiger partial charge in [0.05, 0.1) is 45.8 Å². The van der Waals surface area contributed by atoms with E-state index in [0.717, 1.165) is 0 Å². The summed E-state index contributed by atoms with van der Waals surface area (Å²) in [7, 11) is -2.08. The van der Waals surface area contributed by atoms with Gasteiger partial charge < -0.3 is 14.2 Å². The van der Waals surface area contributed by atoms with Gasteiger partial charge in [0.15, 0.2) is 0 Å². The molecule has 1 rings (SSSR count). The molecule has 0 atom stereocenters. The summed E-state index contributed by atoms with van der Waals surface area (Å²) in [6.45, 7) is 2.92. The van der Waals surface area contributed by atoms with E-state index in [-0.39, 0.29) is 4.90 Å². The molecule has 0 spiro atoms. The molecule has 19 heavy (non-hydrogen) atoms. The predicted octanol–water partition coefficient (Wildman–Crippen LogP) is -0.790. The van der Waals surface area contributed by atoms with Crippen molar-refractivity contribution in [3.8, 4) is 0 Å². The highest BCUT2D eigenvalue weighted by Crippen LogP contribution is 2.03. The highest BCUT2D eigenvalue weighted by atomic mass is 32.2. The van der Waals surface area contributed by atoms with E-state index >= 15 is 0 Å². The smallest absolute Gasteiger partial charge is 0.241 e. The summed E-state index contributed by atoms with van der Waals surface area (Å²) in [5.41, 5.74) is 0. The van der Waals surface area contributed by atoms with E-state index in [1.807, 2.05) is 0 Å². The third kappa shape index (κ3) is 6.64. The second kappa shape index (κ2) is 8.23. The first-order valence-corrected chi connectivity index (χ1v) is 7.28. The fourth-order valence-electron chi connectivity index (χ4n) is 1.24. The van der Waals surface area contributed by atoms with Crippen molar-refractivity contribution in [3.63, 3.8) is 0 Å². The second-order valence-corrected chi connectivity index (χ2v) is 5.26. The number of nitrogens with two attached hydrogens (primary N) is 1. The lowest BCUT2D eigenvalue weighted by atomic mass is 10.6. The van der Waals surface area contributed by atoms with E-state index in [4.69, 9.17) is 19.3 Å². The maximum absolute atomic E-state index is 11.0. The van der Waals surface area contributed by atoms with Crippen molar-refractivity contribution in [2.45, 2.75) is 11.4 Å². The van der Waals surface area contributed by atoms with Crippen molar-refractivity contribution >= 4 is 10.0 Å². The molecule has 2 N–H and O–H groups in total. The molecule has 1 heterocycles. The molecule has 9 heteroatoms. The van der Waals surface area contributed by atoms with Crippen LogP contribution in [0, 0.1) is 0 Å². The first-order valence-electron chi connectivity index (χ1n) is 5.73. The minimum absolute atomic E-state index is 0.00426. The van der Waals surface area contributed by atoms with Crippen LogP contribution in [0.3, 0.4) is 0 Å². The van der Waals surface area contributed by atoms with Crippen LogP contribution in [0.15, 0.2) is 17.3 Å². The van der Waals surface area contributed by atoms with Gasteiger partial charge in [0.25, 0.3) is 0 Å². The maximum atomic E-state index is 11.0. The van der Waals surface area contributed by atoms with E-state index < -0.39 is 10.0 Å². The van der Waals surface area contributed by atoms with E-state index in [9.17, 15) is 8.42 Å². The van der Waals surface area contributed by atoms with Gasteiger partial charge in [0.2, 0.25) is 10.0 Å². The second-order valence-electron chi connectivity index (χ2n) is 3.70. The van der Waals surface area contributed by atoms with E-state index in [0.29, 0.717) is 39.6 Å². The minimum Gasteiger partial charge on any atom is -0.382 e. The Morgan fingerprint density at radius 2 is 1.84 bits per heavy atom. The Kier molecular flexibility index (Phi) is 6.95. The molecule has 0 aliphatic carbocycles. The first kappa shape index (κ1) is 16.1. The Balaban J connectivity index is 2.11. The molecule has 0 aromatic carbocycles. The summed E-state index contributed by atoms with van der Waals surface area (Å²) < 4.78 is 38.8. The molecule has 110 valence electrons. The van der Waals surface area contributed by atoms with Gasteiger partial charge >= 0.3 is 0 Å². The van der Waals surface area contributed by atoms with Gasteiger partial charge in [0.1, 0.15) is 4.90 Å². The van der Waals surface area contributed by atoms with Crippen molar-refractivity contribution in [2.75, 3.05) is 40.1 Å². The van der Waals surface area contributed by atoms with Gasteiger partial charge in [-0.1, -0.05) is 0 Å². The SMILES string of the molecule is COCCOCCOCCn1cc(S(N)(=O)=O)cn1. The van der Waals surface area contributed by atoms with Crippen molar-refractivity contribution < 1.29 is 22.6 Å². The van der Waals surface area contributed by atoms with Crippen LogP contribution in [0.1, 0.15) is 0 Å². The van der Waals surface area contributed by atoms with E-state index in [2.05, 4.69) is 5.10 Å². The van der Waals surface area contributed by atoms with Crippen LogP contribution >= 0.6 is 0 Å². The fraction of sp³-hybridized carbons (Fsp3) is 0.700. The number of primary sulfonamides is 1. The molecule has 0 fully saturated rings. The molecular weight excluding hydrogens is 274 g/mol. The Morgan fingerprint density at radius 3 is 2.42 bits per heavy atom. The highest BCUT2D eigenvalue weighted by Gasteiger charge is 2.09. The molecule has 0 saturated heterocycles. The van der Waals surface area contributed by atoms with Crippen molar-refractivity contribution in [3.05, 3.63) is 12.4 Å². The van der Waals surface area contributed by atoms with Gasteiger partial charge in [-0.25, -0.2) is 13.6 Å². The number of nitrogens with zero attached hydrogens (tertiary/aromatic N) is 2. The lowest BCUT2D eigenvalue weighted by Gasteiger charge is -2.05. The molecule has 1 aromatic heterocycles. The molecule has 0 aliphatic heterocycles. The highest BCUT2D eigenvalue weighted by molar-refractivity contribution is 7.89. The summed E-state index contributed by atoms with van der Waals surface area (Å²) in [5.74, 6) is 0. The normalized spacial score (nSPS) is 11.9. The van der Waals surface area contributed by atoms with E-state index in [1.165, 1.54) is 17.1 Å². The van der Waals surface area contributed by atoms with Crippen molar-refractivity contribution in [1.82, 2.24) is 9.78 Å². The number of hydrogen-bond donors (Lipinski definition) is 1. The Hall–Kier alpha value is -1.00. The minimum atomic E-state index is -3.69. The van der Waals surface area contributed by atoms with Crippen LogP contribution in [0.2, 0.25) is 0 Å². The summed E-state index contributed by atoms with van der Waals surface area (Å²) in [4.78, 5) is -0.00426. The zero-order chi connectivity index (χ0) is 14.1. The number of hydrogen-bond acceptors (Lipinski definition) is 6. The molecule has 1 aromatic rings. The molecule has 0 bridgehead atoms. The van der Waals surface area contributed by atoms with Crippen LogP contribution in [0.25, 0.3) is 0 Å². The van der Waals surface area contributed by atoms with Crippen molar-refractivity contribution in [1.29, 1.82) is 0 Å². The molecule has 8 nitrogen and oxygen atoms in total. The molecule has 0 saturated carbocycles. The monoisotopic (exact) mass is 293 g/mol. The Morgan fingerprint density at radius 1 is 1.21 bits per heavy atom. The van der Waals surface area contributed by atoms with Crippen LogP contribution in [0.4, 0.5) is 0 Å². The number of ether oxygens (including phenoxy) is 3. The van der Waals surface area contributed by atoms with Crippen LogP contribution < -0.4 is 5.14 Å². The quantitative estimate of drug-likeness (QED) is 0.567. The first-order chi connectivity index (χ1) is 9.04. The number of methoxy groups -OCH3 is 1. The van der Waals surface area contributed by atoms with Gasteiger partial charge in [-0.05, 0) is 0 Å². The zero-order valence-electron chi connectivity index (χ0n) is 10.8. The average Bonchev–Trinajstić information content (AvgIpc) is 2.81. The molecule has 0 amide bonds. The third-order valence-corrected chi connectivity index (χ3v) is 3.07. The summed E-state index contributed by atoms with van der Waals surface area (Å²) >= 11 is 0. The molecule has 0 radical (unpaired) electrons. The number of aromatic nitrogens is 2. The number of sulfonamides is 1. The lowest BCUT2D eigenvalue weighted by molar-refractivity contribution is 0.0225. The van der Waals surface area contributed by atoms with Gasteiger partial charge in [-0.3, -0.25) is 4.68 Å². The molecule has 0 aliphatic rings. The van der Waals surface area contributed by atoms with Crippen molar-refractivity contribution in [2.24, 2.45) is 5.14 Å².